The quantitative estimate of drug-likeness (QED) is 0.815. The van der Waals surface area contributed by atoms with Crippen LogP contribution < -0.4 is 5.32 Å². The lowest BCUT2D eigenvalue weighted by atomic mass is 9.98. The first-order chi connectivity index (χ1) is 12.9. The molecule has 27 heavy (non-hydrogen) atoms. The highest BCUT2D eigenvalue weighted by molar-refractivity contribution is 5.77. The molecular weight excluding hydrogens is 357 g/mol. The topological polar surface area (TPSA) is 41.6 Å². The van der Waals surface area contributed by atoms with Gasteiger partial charge in [0.1, 0.15) is 6.61 Å². The van der Waals surface area contributed by atoms with E-state index in [0.29, 0.717) is 18.8 Å². The van der Waals surface area contributed by atoms with Crippen LogP contribution in [0.5, 0.6) is 0 Å². The normalized spacial score (nSPS) is 19.9. The molecule has 150 valence electrons. The molecule has 1 aromatic carbocycles. The third-order valence-corrected chi connectivity index (χ3v) is 5.43. The minimum absolute atomic E-state index is 0.0357. The van der Waals surface area contributed by atoms with E-state index in [1.165, 1.54) is 31.4 Å². The fourth-order valence-corrected chi connectivity index (χ4v) is 3.78. The first-order valence-electron chi connectivity index (χ1n) is 9.75. The van der Waals surface area contributed by atoms with E-state index in [1.54, 1.807) is 0 Å². The molecule has 0 unspecified atom stereocenters. The zero-order valence-electron chi connectivity index (χ0n) is 15.4. The van der Waals surface area contributed by atoms with E-state index in [-0.39, 0.29) is 24.7 Å². The van der Waals surface area contributed by atoms with Gasteiger partial charge in [0.15, 0.2) is 0 Å². The first kappa shape index (κ1) is 20.0. The Bertz CT molecular complexity index is 605. The Morgan fingerprint density at radius 1 is 1.04 bits per heavy atom. The number of amides is 1. The van der Waals surface area contributed by atoms with E-state index >= 15 is 0 Å². The molecule has 1 saturated heterocycles. The predicted octanol–water partition coefficient (Wildman–Crippen LogP) is 4.46. The van der Waals surface area contributed by atoms with Gasteiger partial charge in [0.2, 0.25) is 5.91 Å². The van der Waals surface area contributed by atoms with Crippen molar-refractivity contribution in [3.05, 3.63) is 29.8 Å². The Balaban J connectivity index is 1.40. The zero-order chi connectivity index (χ0) is 19.3. The minimum Gasteiger partial charge on any atom is -0.382 e. The summed E-state index contributed by atoms with van der Waals surface area (Å²) in [4.78, 5) is 14.1. The van der Waals surface area contributed by atoms with Crippen molar-refractivity contribution in [3.8, 4) is 0 Å². The molecule has 1 N–H and O–H groups in total. The number of ether oxygens (including phenoxy) is 1. The molecule has 1 saturated carbocycles. The van der Waals surface area contributed by atoms with Crippen molar-refractivity contribution in [2.24, 2.45) is 0 Å². The van der Waals surface area contributed by atoms with Crippen LogP contribution >= 0.6 is 0 Å². The number of benzene rings is 1. The highest BCUT2D eigenvalue weighted by Gasteiger charge is 2.30. The summed E-state index contributed by atoms with van der Waals surface area (Å²) in [6.45, 7) is 1.44. The van der Waals surface area contributed by atoms with Crippen molar-refractivity contribution in [2.75, 3.05) is 25.0 Å². The lowest BCUT2D eigenvalue weighted by Gasteiger charge is -2.33. The second kappa shape index (κ2) is 8.95. The number of hydrogen-bond donors (Lipinski definition) is 1. The maximum Gasteiger partial charge on any atom is 0.416 e. The largest absolute Gasteiger partial charge is 0.416 e. The van der Waals surface area contributed by atoms with Gasteiger partial charge in [0, 0.05) is 24.8 Å². The Hall–Kier alpha value is -1.76. The Morgan fingerprint density at radius 3 is 2.26 bits per heavy atom. The molecule has 1 heterocycles. The van der Waals surface area contributed by atoms with Gasteiger partial charge in [-0.2, -0.15) is 13.2 Å². The summed E-state index contributed by atoms with van der Waals surface area (Å²) in [5.41, 5.74) is 0.0276. The summed E-state index contributed by atoms with van der Waals surface area (Å²) >= 11 is 0. The number of likely N-dealkylation sites (tertiary alicyclic amines) is 1. The number of hydrogen-bond acceptors (Lipinski definition) is 3. The second-order valence-electron chi connectivity index (χ2n) is 7.45. The molecule has 1 amide bonds. The van der Waals surface area contributed by atoms with Crippen LogP contribution in [0.2, 0.25) is 0 Å². The predicted molar refractivity (Wildman–Crippen MR) is 97.5 cm³/mol. The zero-order valence-corrected chi connectivity index (χ0v) is 15.4. The van der Waals surface area contributed by atoms with Gasteiger partial charge >= 0.3 is 6.18 Å². The van der Waals surface area contributed by atoms with E-state index in [2.05, 4.69) is 5.32 Å². The number of nitrogens with one attached hydrogen (secondary N) is 1. The number of nitrogens with zero attached hydrogens (tertiary/aromatic N) is 1. The molecule has 0 radical (unpaired) electrons. The minimum atomic E-state index is -4.32. The fourth-order valence-electron chi connectivity index (χ4n) is 3.78. The van der Waals surface area contributed by atoms with Crippen molar-refractivity contribution in [1.29, 1.82) is 0 Å². The molecule has 3 rings (SSSR count). The van der Waals surface area contributed by atoms with Crippen LogP contribution in [0.3, 0.4) is 0 Å². The third kappa shape index (κ3) is 5.86. The van der Waals surface area contributed by atoms with Crippen molar-refractivity contribution >= 4 is 11.6 Å². The van der Waals surface area contributed by atoms with Gasteiger partial charge in [-0.25, -0.2) is 0 Å². The summed E-state index contributed by atoms with van der Waals surface area (Å²) < 4.78 is 43.6. The van der Waals surface area contributed by atoms with Gasteiger partial charge in [0.25, 0.3) is 0 Å². The molecule has 0 spiro atoms. The summed E-state index contributed by atoms with van der Waals surface area (Å²) in [5.74, 6) is 0.0357. The Kier molecular flexibility index (Phi) is 6.63. The summed E-state index contributed by atoms with van der Waals surface area (Å²) in [6, 6.07) is 5.24. The number of anilines is 1. The monoisotopic (exact) mass is 384 g/mol. The standard InChI is InChI=1S/C20H27F3N2O2/c21-20(22,23)15-6-8-16(9-7-15)24-17-10-12-25(13-11-17)19(26)14-27-18-4-2-1-3-5-18/h6-9,17-18,24H,1-5,10-14H2. The van der Waals surface area contributed by atoms with E-state index in [4.69, 9.17) is 4.74 Å². The average Bonchev–Trinajstić information content (AvgIpc) is 2.67. The Labute approximate surface area is 158 Å². The SMILES string of the molecule is O=C(COC1CCCCC1)N1CCC(Nc2ccc(C(F)(F)F)cc2)CC1. The molecular formula is C20H27F3N2O2. The maximum atomic E-state index is 12.6. The van der Waals surface area contributed by atoms with Crippen molar-refractivity contribution in [3.63, 3.8) is 0 Å². The number of rotatable bonds is 5. The van der Waals surface area contributed by atoms with E-state index in [0.717, 1.165) is 37.8 Å². The molecule has 0 bridgehead atoms. The molecule has 7 heteroatoms. The second-order valence-corrected chi connectivity index (χ2v) is 7.45. The highest BCUT2D eigenvalue weighted by atomic mass is 19.4. The van der Waals surface area contributed by atoms with Crippen LogP contribution in [0.1, 0.15) is 50.5 Å². The number of carbonyl (C=O) groups excluding carboxylic acids is 1. The van der Waals surface area contributed by atoms with Gasteiger partial charge < -0.3 is 15.0 Å². The van der Waals surface area contributed by atoms with Crippen LogP contribution in [-0.4, -0.2) is 42.6 Å². The van der Waals surface area contributed by atoms with Crippen LogP contribution in [0.25, 0.3) is 0 Å². The molecule has 1 aliphatic heterocycles. The number of carbonyl (C=O) groups is 1. The molecule has 0 atom stereocenters. The lowest BCUT2D eigenvalue weighted by Crippen LogP contribution is -2.44. The third-order valence-electron chi connectivity index (χ3n) is 5.43. The summed E-state index contributed by atoms with van der Waals surface area (Å²) in [7, 11) is 0. The fraction of sp³-hybridized carbons (Fsp3) is 0.650. The number of alkyl halides is 3. The molecule has 2 aliphatic rings. The van der Waals surface area contributed by atoms with Crippen LogP contribution in [0.4, 0.5) is 18.9 Å². The van der Waals surface area contributed by atoms with Gasteiger partial charge in [-0.3, -0.25) is 4.79 Å². The van der Waals surface area contributed by atoms with Gasteiger partial charge in [-0.1, -0.05) is 19.3 Å². The van der Waals surface area contributed by atoms with Crippen LogP contribution in [-0.2, 0) is 15.7 Å². The molecule has 0 aromatic heterocycles. The average molecular weight is 384 g/mol. The van der Waals surface area contributed by atoms with Crippen LogP contribution in [0.15, 0.2) is 24.3 Å². The van der Waals surface area contributed by atoms with Crippen molar-refractivity contribution in [1.82, 2.24) is 4.90 Å². The van der Waals surface area contributed by atoms with Gasteiger partial charge in [-0.15, -0.1) is 0 Å². The summed E-state index contributed by atoms with van der Waals surface area (Å²) in [6.07, 6.45) is 3.17. The molecule has 1 aliphatic carbocycles. The molecule has 2 fully saturated rings. The van der Waals surface area contributed by atoms with E-state index in [1.807, 2.05) is 4.90 Å². The first-order valence-corrected chi connectivity index (χ1v) is 9.75. The number of piperidine rings is 1. The van der Waals surface area contributed by atoms with Gasteiger partial charge in [-0.05, 0) is 49.9 Å². The van der Waals surface area contributed by atoms with Gasteiger partial charge in [0.05, 0.1) is 11.7 Å². The molecule has 1 aromatic rings. The molecule has 4 nitrogen and oxygen atoms in total. The van der Waals surface area contributed by atoms with Crippen molar-refractivity contribution < 1.29 is 22.7 Å². The Morgan fingerprint density at radius 2 is 1.67 bits per heavy atom. The smallest absolute Gasteiger partial charge is 0.382 e. The van der Waals surface area contributed by atoms with Crippen molar-refractivity contribution in [2.45, 2.75) is 63.3 Å². The highest BCUT2D eigenvalue weighted by Crippen LogP contribution is 2.30. The van der Waals surface area contributed by atoms with E-state index < -0.39 is 11.7 Å². The van der Waals surface area contributed by atoms with Crippen LogP contribution in [0, 0.1) is 0 Å². The van der Waals surface area contributed by atoms with E-state index in [9.17, 15) is 18.0 Å². The number of halogens is 3. The maximum absolute atomic E-state index is 12.6. The lowest BCUT2D eigenvalue weighted by molar-refractivity contribution is -0.140. The summed E-state index contributed by atoms with van der Waals surface area (Å²) in [5, 5.41) is 3.27.